The Labute approximate surface area is 163 Å². The van der Waals surface area contributed by atoms with E-state index in [1.165, 1.54) is 44.1 Å². The molecule has 0 heterocycles. The monoisotopic (exact) mass is 368 g/mol. The Balaban J connectivity index is 1.75. The van der Waals surface area contributed by atoms with Crippen LogP contribution in [-0.4, -0.2) is 5.11 Å². The van der Waals surface area contributed by atoms with E-state index in [9.17, 15) is 9.50 Å². The largest absolute Gasteiger partial charge is 0.388 e. The summed E-state index contributed by atoms with van der Waals surface area (Å²) in [5.41, 5.74) is 4.18. The van der Waals surface area contributed by atoms with E-state index in [0.29, 0.717) is 29.0 Å². The van der Waals surface area contributed by atoms with Gasteiger partial charge in [0.1, 0.15) is 5.82 Å². The summed E-state index contributed by atoms with van der Waals surface area (Å²) >= 11 is 0. The smallest absolute Gasteiger partial charge is 0.134 e. The predicted octanol–water partition coefficient (Wildman–Crippen LogP) is 7.32. The molecule has 0 radical (unpaired) electrons. The second-order valence-electron chi connectivity index (χ2n) is 8.19. The van der Waals surface area contributed by atoms with E-state index in [0.717, 1.165) is 11.5 Å². The highest BCUT2D eigenvalue weighted by Gasteiger charge is 2.22. The Kier molecular flexibility index (Phi) is 6.70. The predicted molar refractivity (Wildman–Crippen MR) is 111 cm³/mol. The van der Waals surface area contributed by atoms with Crippen LogP contribution in [0.3, 0.4) is 0 Å². The Hall–Kier alpha value is -1.67. The number of halogens is 1. The Morgan fingerprint density at radius 2 is 1.67 bits per heavy atom. The molecule has 2 heteroatoms. The molecule has 0 bridgehead atoms. The van der Waals surface area contributed by atoms with Crippen molar-refractivity contribution in [3.8, 4) is 11.1 Å². The highest BCUT2D eigenvalue weighted by atomic mass is 19.1. The summed E-state index contributed by atoms with van der Waals surface area (Å²) in [4.78, 5) is 0. The molecule has 146 valence electrons. The van der Waals surface area contributed by atoms with Crippen molar-refractivity contribution < 1.29 is 9.50 Å². The summed E-state index contributed by atoms with van der Waals surface area (Å²) < 4.78 is 14.9. The molecule has 1 atom stereocenters. The van der Waals surface area contributed by atoms with Gasteiger partial charge in [0.25, 0.3) is 0 Å². The molecule has 27 heavy (non-hydrogen) atoms. The highest BCUT2D eigenvalue weighted by Crippen LogP contribution is 2.38. The summed E-state index contributed by atoms with van der Waals surface area (Å²) in [6, 6.07) is 12.2. The van der Waals surface area contributed by atoms with Gasteiger partial charge in [0.05, 0.1) is 6.10 Å². The average Bonchev–Trinajstić information content (AvgIpc) is 2.70. The van der Waals surface area contributed by atoms with Crippen molar-refractivity contribution >= 4 is 0 Å². The summed E-state index contributed by atoms with van der Waals surface area (Å²) in [6.07, 6.45) is 7.90. The van der Waals surface area contributed by atoms with Crippen LogP contribution >= 0.6 is 0 Å². The lowest BCUT2D eigenvalue weighted by Crippen LogP contribution is -2.13. The van der Waals surface area contributed by atoms with E-state index in [-0.39, 0.29) is 5.82 Å². The molecule has 1 aliphatic rings. The molecule has 0 spiro atoms. The fourth-order valence-corrected chi connectivity index (χ4v) is 4.63. The SMILES string of the molecule is CCCC1CCC(c2ccc(-c3ccc(C(O)CC)c(C)c3F)cc2)CC1. The van der Waals surface area contributed by atoms with Gasteiger partial charge in [-0.15, -0.1) is 0 Å². The first kappa shape index (κ1) is 20.1. The standard InChI is InChI=1S/C25H33FO/c1-4-6-18-7-9-19(10-8-18)20-11-13-21(14-12-20)23-16-15-22(24(27)5-2)17(3)25(23)26/h11-16,18-19,24,27H,4-10H2,1-3H3. The second-order valence-corrected chi connectivity index (χ2v) is 8.19. The zero-order valence-corrected chi connectivity index (χ0v) is 17.0. The minimum Gasteiger partial charge on any atom is -0.388 e. The maximum atomic E-state index is 14.9. The van der Waals surface area contributed by atoms with Crippen LogP contribution in [0.1, 0.15) is 87.5 Å². The van der Waals surface area contributed by atoms with Crippen molar-refractivity contribution in [1.82, 2.24) is 0 Å². The van der Waals surface area contributed by atoms with Crippen molar-refractivity contribution in [3.63, 3.8) is 0 Å². The van der Waals surface area contributed by atoms with Crippen LogP contribution in [0.15, 0.2) is 36.4 Å². The summed E-state index contributed by atoms with van der Waals surface area (Å²) in [7, 11) is 0. The molecule has 1 nitrogen and oxygen atoms in total. The van der Waals surface area contributed by atoms with Crippen LogP contribution < -0.4 is 0 Å². The van der Waals surface area contributed by atoms with E-state index >= 15 is 0 Å². The van der Waals surface area contributed by atoms with Gasteiger partial charge in [-0.1, -0.05) is 63.1 Å². The van der Waals surface area contributed by atoms with Crippen LogP contribution in [0.4, 0.5) is 4.39 Å². The minimum atomic E-state index is -0.598. The highest BCUT2D eigenvalue weighted by molar-refractivity contribution is 5.66. The van der Waals surface area contributed by atoms with Gasteiger partial charge in [-0.2, -0.15) is 0 Å². The molecular weight excluding hydrogens is 335 g/mol. The number of rotatable bonds is 6. The third-order valence-corrected chi connectivity index (χ3v) is 6.41. The molecule has 1 fully saturated rings. The van der Waals surface area contributed by atoms with Crippen molar-refractivity contribution in [3.05, 3.63) is 58.9 Å². The molecule has 1 saturated carbocycles. The molecule has 2 aromatic carbocycles. The topological polar surface area (TPSA) is 20.2 Å². The molecule has 3 rings (SSSR count). The lowest BCUT2D eigenvalue weighted by Gasteiger charge is -2.28. The summed E-state index contributed by atoms with van der Waals surface area (Å²) in [5.74, 6) is 1.35. The maximum Gasteiger partial charge on any atom is 0.134 e. The maximum absolute atomic E-state index is 14.9. The van der Waals surface area contributed by atoms with Crippen molar-refractivity contribution in [1.29, 1.82) is 0 Å². The van der Waals surface area contributed by atoms with E-state index in [1.807, 2.05) is 19.1 Å². The molecular formula is C25H33FO. The van der Waals surface area contributed by atoms with Crippen molar-refractivity contribution in [2.45, 2.75) is 77.7 Å². The number of aliphatic hydroxyl groups excluding tert-OH is 1. The lowest BCUT2D eigenvalue weighted by molar-refractivity contribution is 0.172. The number of hydrogen-bond donors (Lipinski definition) is 1. The Morgan fingerprint density at radius 1 is 1.00 bits per heavy atom. The molecule has 0 aromatic heterocycles. The third-order valence-electron chi connectivity index (χ3n) is 6.41. The molecule has 2 aromatic rings. The van der Waals surface area contributed by atoms with E-state index in [2.05, 4.69) is 31.2 Å². The van der Waals surface area contributed by atoms with Crippen molar-refractivity contribution in [2.24, 2.45) is 5.92 Å². The number of benzene rings is 2. The molecule has 1 N–H and O–H groups in total. The van der Waals surface area contributed by atoms with Gasteiger partial charge in [0.2, 0.25) is 0 Å². The van der Waals surface area contributed by atoms with Crippen LogP contribution in [0.2, 0.25) is 0 Å². The van der Waals surface area contributed by atoms with Crippen LogP contribution in [0.25, 0.3) is 11.1 Å². The minimum absolute atomic E-state index is 0.215. The first-order valence-electron chi connectivity index (χ1n) is 10.6. The van der Waals surface area contributed by atoms with E-state index in [4.69, 9.17) is 0 Å². The van der Waals surface area contributed by atoms with Gasteiger partial charge in [-0.05, 0) is 73.1 Å². The van der Waals surface area contributed by atoms with Gasteiger partial charge in [-0.25, -0.2) is 4.39 Å². The lowest BCUT2D eigenvalue weighted by atomic mass is 9.77. The summed E-state index contributed by atoms with van der Waals surface area (Å²) in [6.45, 7) is 5.95. The fourth-order valence-electron chi connectivity index (χ4n) is 4.63. The third kappa shape index (κ3) is 4.43. The molecule has 0 aliphatic heterocycles. The molecule has 1 unspecified atom stereocenters. The number of aliphatic hydroxyl groups is 1. The van der Waals surface area contributed by atoms with E-state index < -0.39 is 6.10 Å². The van der Waals surface area contributed by atoms with E-state index in [1.54, 1.807) is 6.92 Å². The van der Waals surface area contributed by atoms with Crippen LogP contribution in [0, 0.1) is 18.7 Å². The van der Waals surface area contributed by atoms with Crippen molar-refractivity contribution in [2.75, 3.05) is 0 Å². The van der Waals surface area contributed by atoms with Crippen LogP contribution in [-0.2, 0) is 0 Å². The quantitative estimate of drug-likeness (QED) is 0.566. The Morgan fingerprint density at radius 3 is 2.26 bits per heavy atom. The normalized spacial score (nSPS) is 21.2. The first-order valence-corrected chi connectivity index (χ1v) is 10.6. The zero-order valence-electron chi connectivity index (χ0n) is 17.0. The summed E-state index contributed by atoms with van der Waals surface area (Å²) in [5, 5.41) is 10.1. The molecule has 0 amide bonds. The zero-order chi connectivity index (χ0) is 19.4. The van der Waals surface area contributed by atoms with Gasteiger partial charge in [0.15, 0.2) is 0 Å². The van der Waals surface area contributed by atoms with Gasteiger partial charge < -0.3 is 5.11 Å². The Bertz CT molecular complexity index is 742. The van der Waals surface area contributed by atoms with Gasteiger partial charge >= 0.3 is 0 Å². The van der Waals surface area contributed by atoms with Crippen LogP contribution in [0.5, 0.6) is 0 Å². The first-order chi connectivity index (χ1) is 13.0. The molecule has 1 aliphatic carbocycles. The van der Waals surface area contributed by atoms with Gasteiger partial charge in [-0.3, -0.25) is 0 Å². The number of hydrogen-bond acceptors (Lipinski definition) is 1. The van der Waals surface area contributed by atoms with Gasteiger partial charge in [0, 0.05) is 5.56 Å². The molecule has 0 saturated heterocycles. The average molecular weight is 369 g/mol. The fraction of sp³-hybridized carbons (Fsp3) is 0.520. The second kappa shape index (κ2) is 9.01.